The van der Waals surface area contributed by atoms with E-state index in [1.165, 1.54) is 0 Å². The van der Waals surface area contributed by atoms with Crippen LogP contribution in [-0.4, -0.2) is 9.55 Å². The molecule has 0 fully saturated rings. The van der Waals surface area contributed by atoms with Gasteiger partial charge in [-0.3, -0.25) is 0 Å². The Morgan fingerprint density at radius 2 is 2.00 bits per heavy atom. The maximum absolute atomic E-state index is 5.67. The highest BCUT2D eigenvalue weighted by Gasteiger charge is 2.04. The number of nitrogen functional groups attached to an aromatic ring is 1. The first kappa shape index (κ1) is 11.5. The number of allylic oxidation sites excluding steroid dienone is 1. The Bertz CT molecular complexity index is 521. The van der Waals surface area contributed by atoms with Crippen LogP contribution in [0.25, 0.3) is 17.3 Å². The van der Waals surface area contributed by atoms with Crippen molar-refractivity contribution < 1.29 is 0 Å². The molecule has 0 atom stereocenters. The molecule has 0 aliphatic heterocycles. The van der Waals surface area contributed by atoms with Gasteiger partial charge in [0.05, 0.1) is 5.69 Å². The van der Waals surface area contributed by atoms with Gasteiger partial charge in [-0.05, 0) is 24.6 Å². The van der Waals surface area contributed by atoms with Crippen molar-refractivity contribution in [1.29, 1.82) is 0 Å². The van der Waals surface area contributed by atoms with E-state index in [2.05, 4.69) is 18.0 Å². The molecule has 0 unspecified atom stereocenters. The lowest BCUT2D eigenvalue weighted by atomic mass is 10.1. The Labute approximate surface area is 102 Å². The summed E-state index contributed by atoms with van der Waals surface area (Å²) in [6.45, 7) is 2.11. The molecule has 0 spiro atoms. The first-order valence-electron chi connectivity index (χ1n) is 5.76. The van der Waals surface area contributed by atoms with E-state index in [1.807, 2.05) is 48.2 Å². The third-order valence-corrected chi connectivity index (χ3v) is 2.62. The Kier molecular flexibility index (Phi) is 3.28. The van der Waals surface area contributed by atoms with E-state index >= 15 is 0 Å². The molecule has 2 rings (SSSR count). The fraction of sp³-hybridized carbons (Fsp3) is 0.214. The zero-order valence-electron chi connectivity index (χ0n) is 10.2. The van der Waals surface area contributed by atoms with Crippen LogP contribution < -0.4 is 5.73 Å². The Balaban J connectivity index is 2.34. The highest BCUT2D eigenvalue weighted by atomic mass is 15.0. The summed E-state index contributed by atoms with van der Waals surface area (Å²) in [6.07, 6.45) is 7.20. The molecule has 3 nitrogen and oxygen atoms in total. The SMILES string of the molecule is CC/C=C\c1nc(-c2ccc(N)cc2)cn1C. The summed E-state index contributed by atoms with van der Waals surface area (Å²) in [5, 5.41) is 0. The molecule has 1 aromatic heterocycles. The van der Waals surface area contributed by atoms with Gasteiger partial charge >= 0.3 is 0 Å². The number of nitrogens with two attached hydrogens (primary N) is 1. The third-order valence-electron chi connectivity index (χ3n) is 2.62. The molecule has 0 amide bonds. The van der Waals surface area contributed by atoms with Crippen LogP contribution in [0.5, 0.6) is 0 Å². The Hall–Kier alpha value is -2.03. The molecule has 0 saturated carbocycles. The van der Waals surface area contributed by atoms with Crippen molar-refractivity contribution in [1.82, 2.24) is 9.55 Å². The lowest BCUT2D eigenvalue weighted by Gasteiger charge is -1.96. The average Bonchev–Trinajstić information content (AvgIpc) is 2.69. The highest BCUT2D eigenvalue weighted by molar-refractivity contribution is 5.63. The van der Waals surface area contributed by atoms with E-state index in [4.69, 9.17) is 5.73 Å². The summed E-state index contributed by atoms with van der Waals surface area (Å²) in [7, 11) is 2.00. The molecule has 2 N–H and O–H groups in total. The van der Waals surface area contributed by atoms with Crippen LogP contribution in [-0.2, 0) is 7.05 Å². The zero-order valence-corrected chi connectivity index (χ0v) is 10.2. The first-order chi connectivity index (χ1) is 8.20. The van der Waals surface area contributed by atoms with Gasteiger partial charge in [0.1, 0.15) is 5.82 Å². The monoisotopic (exact) mass is 227 g/mol. The van der Waals surface area contributed by atoms with Gasteiger partial charge in [0.15, 0.2) is 0 Å². The number of aryl methyl sites for hydroxylation is 1. The summed E-state index contributed by atoms with van der Waals surface area (Å²) in [5.74, 6) is 0.971. The van der Waals surface area contributed by atoms with Crippen LogP contribution >= 0.6 is 0 Å². The molecule has 2 aromatic rings. The van der Waals surface area contributed by atoms with Gasteiger partial charge in [-0.2, -0.15) is 0 Å². The summed E-state index contributed by atoms with van der Waals surface area (Å²) in [4.78, 5) is 4.58. The fourth-order valence-electron chi connectivity index (χ4n) is 1.65. The molecule has 0 aliphatic rings. The van der Waals surface area contributed by atoms with Crippen LogP contribution in [0.1, 0.15) is 19.2 Å². The lowest BCUT2D eigenvalue weighted by Crippen LogP contribution is -1.88. The van der Waals surface area contributed by atoms with Crippen molar-refractivity contribution >= 4 is 11.8 Å². The minimum absolute atomic E-state index is 0.774. The minimum Gasteiger partial charge on any atom is -0.399 e. The van der Waals surface area contributed by atoms with E-state index in [0.717, 1.165) is 29.2 Å². The van der Waals surface area contributed by atoms with Crippen LogP contribution in [0, 0.1) is 0 Å². The average molecular weight is 227 g/mol. The van der Waals surface area contributed by atoms with Gasteiger partial charge in [0.25, 0.3) is 0 Å². The third kappa shape index (κ3) is 2.56. The van der Waals surface area contributed by atoms with Crippen molar-refractivity contribution in [3.8, 4) is 11.3 Å². The zero-order chi connectivity index (χ0) is 12.3. The maximum atomic E-state index is 5.67. The number of hydrogen-bond acceptors (Lipinski definition) is 2. The number of rotatable bonds is 3. The van der Waals surface area contributed by atoms with Gasteiger partial charge in [0, 0.05) is 24.5 Å². The Morgan fingerprint density at radius 3 is 2.65 bits per heavy atom. The molecule has 0 aliphatic carbocycles. The van der Waals surface area contributed by atoms with Crippen LogP contribution in [0.4, 0.5) is 5.69 Å². The van der Waals surface area contributed by atoms with Crippen LogP contribution in [0.3, 0.4) is 0 Å². The summed E-state index contributed by atoms with van der Waals surface area (Å²) in [6, 6.07) is 7.77. The number of hydrogen-bond donors (Lipinski definition) is 1. The number of aromatic nitrogens is 2. The van der Waals surface area contributed by atoms with Gasteiger partial charge in [0.2, 0.25) is 0 Å². The number of nitrogens with zero attached hydrogens (tertiary/aromatic N) is 2. The first-order valence-corrected chi connectivity index (χ1v) is 5.76. The van der Waals surface area contributed by atoms with E-state index in [-0.39, 0.29) is 0 Å². The standard InChI is InChI=1S/C14H17N3/c1-3-4-5-14-16-13(10-17(14)2)11-6-8-12(15)9-7-11/h4-10H,3,15H2,1-2H3/b5-4-. The molecular formula is C14H17N3. The van der Waals surface area contributed by atoms with Crippen molar-refractivity contribution in [2.75, 3.05) is 5.73 Å². The normalized spacial score (nSPS) is 11.2. The second-order valence-corrected chi connectivity index (χ2v) is 4.03. The topological polar surface area (TPSA) is 43.8 Å². The number of anilines is 1. The van der Waals surface area contributed by atoms with E-state index in [9.17, 15) is 0 Å². The van der Waals surface area contributed by atoms with Crippen molar-refractivity contribution in [2.24, 2.45) is 7.05 Å². The molecule has 0 bridgehead atoms. The molecule has 1 heterocycles. The largest absolute Gasteiger partial charge is 0.399 e. The van der Waals surface area contributed by atoms with Crippen LogP contribution in [0.2, 0.25) is 0 Å². The lowest BCUT2D eigenvalue weighted by molar-refractivity contribution is 0.896. The van der Waals surface area contributed by atoms with Gasteiger partial charge in [-0.15, -0.1) is 0 Å². The Morgan fingerprint density at radius 1 is 1.29 bits per heavy atom. The number of benzene rings is 1. The van der Waals surface area contributed by atoms with Gasteiger partial charge in [-0.1, -0.05) is 25.1 Å². The van der Waals surface area contributed by atoms with Gasteiger partial charge in [-0.25, -0.2) is 4.98 Å². The summed E-state index contributed by atoms with van der Waals surface area (Å²) < 4.78 is 2.03. The number of imidazole rings is 1. The predicted octanol–water partition coefficient (Wildman–Crippen LogP) is 3.09. The van der Waals surface area contributed by atoms with Gasteiger partial charge < -0.3 is 10.3 Å². The minimum atomic E-state index is 0.774. The highest BCUT2D eigenvalue weighted by Crippen LogP contribution is 2.20. The molecule has 1 aromatic carbocycles. The second-order valence-electron chi connectivity index (χ2n) is 4.03. The summed E-state index contributed by atoms with van der Waals surface area (Å²) >= 11 is 0. The molecule has 3 heteroatoms. The van der Waals surface area contributed by atoms with Crippen LogP contribution in [0.15, 0.2) is 36.5 Å². The molecule has 17 heavy (non-hydrogen) atoms. The van der Waals surface area contributed by atoms with Crippen molar-refractivity contribution in [2.45, 2.75) is 13.3 Å². The second kappa shape index (κ2) is 4.87. The van der Waals surface area contributed by atoms with E-state index in [0.29, 0.717) is 0 Å². The smallest absolute Gasteiger partial charge is 0.132 e. The fourth-order valence-corrected chi connectivity index (χ4v) is 1.65. The maximum Gasteiger partial charge on any atom is 0.132 e. The van der Waals surface area contributed by atoms with Crippen molar-refractivity contribution in [3.05, 3.63) is 42.4 Å². The quantitative estimate of drug-likeness (QED) is 0.819. The van der Waals surface area contributed by atoms with E-state index in [1.54, 1.807) is 0 Å². The molecule has 0 radical (unpaired) electrons. The van der Waals surface area contributed by atoms with E-state index < -0.39 is 0 Å². The molecule has 0 saturated heterocycles. The summed E-state index contributed by atoms with van der Waals surface area (Å²) in [5.41, 5.74) is 8.51. The molecule has 88 valence electrons. The molecular weight excluding hydrogens is 210 g/mol. The van der Waals surface area contributed by atoms with Crippen molar-refractivity contribution in [3.63, 3.8) is 0 Å². The predicted molar refractivity (Wildman–Crippen MR) is 72.4 cm³/mol.